The maximum atomic E-state index is 13.2. The highest BCUT2D eigenvalue weighted by atomic mass is 16.7. The Kier molecular flexibility index (Phi) is 6.58. The van der Waals surface area contributed by atoms with Gasteiger partial charge >= 0.3 is 0 Å². The maximum Gasteiger partial charge on any atom is 0.262 e. The topological polar surface area (TPSA) is 94.5 Å². The molecule has 1 N–H and O–H groups in total. The van der Waals surface area contributed by atoms with E-state index < -0.39 is 48.7 Å². The van der Waals surface area contributed by atoms with Crippen LogP contribution in [0.15, 0.2) is 67.3 Å². The molecule has 178 valence electrons. The molecule has 3 aliphatic heterocycles. The number of amides is 2. The second-order valence-electron chi connectivity index (χ2n) is 8.53. The maximum absolute atomic E-state index is 13.2. The summed E-state index contributed by atoms with van der Waals surface area (Å²) in [5.41, 5.74) is 1.39. The lowest BCUT2D eigenvalue weighted by atomic mass is 9.94. The summed E-state index contributed by atoms with van der Waals surface area (Å²) in [4.78, 5) is 27.5. The molecule has 0 saturated carbocycles. The van der Waals surface area contributed by atoms with Gasteiger partial charge in [0.1, 0.15) is 24.4 Å². The number of unbranched alkanes of at least 4 members (excludes halogenated alkanes) is 1. The zero-order valence-electron chi connectivity index (χ0n) is 18.6. The monoisotopic (exact) mass is 465 g/mol. The summed E-state index contributed by atoms with van der Waals surface area (Å²) in [6.07, 6.45) is -1.19. The van der Waals surface area contributed by atoms with Crippen LogP contribution in [-0.4, -0.2) is 65.7 Å². The molecule has 2 amide bonds. The van der Waals surface area contributed by atoms with E-state index in [0.29, 0.717) is 24.2 Å². The molecule has 1 unspecified atom stereocenters. The number of rotatable bonds is 7. The number of fused-ring (bicyclic) bond motifs is 2. The van der Waals surface area contributed by atoms with Gasteiger partial charge in [-0.05, 0) is 25.0 Å². The quantitative estimate of drug-likeness (QED) is 0.382. The molecule has 6 atom stereocenters. The van der Waals surface area contributed by atoms with Crippen molar-refractivity contribution in [1.82, 2.24) is 4.90 Å². The summed E-state index contributed by atoms with van der Waals surface area (Å²) < 4.78 is 24.0. The second-order valence-corrected chi connectivity index (χ2v) is 8.53. The number of ether oxygens (including phenoxy) is 4. The second kappa shape index (κ2) is 9.77. The first-order chi connectivity index (χ1) is 16.6. The number of benzene rings is 2. The Morgan fingerprint density at radius 1 is 1.03 bits per heavy atom. The molecule has 3 aliphatic rings. The number of allylic oxidation sites excluding steroid dienone is 1. The molecule has 0 spiro atoms. The standard InChI is InChI=1S/C26H27NO7/c1-2-3-9-14-31-26-20(27-23(29)17-12-7-8-13-18(17)24(27)30)21(28)22-19(33-26)15-32-25(34-22)16-10-5-4-6-11-16/h2,4-8,10-13,19-22,25-26,28H,1,3,9,14-15H2/t19-,20-,21-,22-,25?,26-/m1/s1. The number of aliphatic hydroxyl groups is 1. The zero-order valence-corrected chi connectivity index (χ0v) is 18.6. The molecule has 0 bridgehead atoms. The van der Waals surface area contributed by atoms with Crippen LogP contribution in [0.5, 0.6) is 0 Å². The first-order valence-corrected chi connectivity index (χ1v) is 11.4. The number of carbonyl (C=O) groups is 2. The first-order valence-electron chi connectivity index (χ1n) is 11.4. The van der Waals surface area contributed by atoms with Crippen LogP contribution in [0.3, 0.4) is 0 Å². The summed E-state index contributed by atoms with van der Waals surface area (Å²) in [5.74, 6) is -0.976. The summed E-state index contributed by atoms with van der Waals surface area (Å²) in [5, 5.41) is 11.5. The van der Waals surface area contributed by atoms with E-state index >= 15 is 0 Å². The van der Waals surface area contributed by atoms with Crippen LogP contribution in [0.4, 0.5) is 0 Å². The van der Waals surface area contributed by atoms with E-state index in [4.69, 9.17) is 18.9 Å². The third-order valence-corrected chi connectivity index (χ3v) is 6.36. The first kappa shape index (κ1) is 22.9. The lowest BCUT2D eigenvalue weighted by Crippen LogP contribution is -2.67. The molecule has 2 aromatic rings. The van der Waals surface area contributed by atoms with Gasteiger partial charge in [0.2, 0.25) is 0 Å². The van der Waals surface area contributed by atoms with E-state index in [-0.39, 0.29) is 6.61 Å². The molecule has 0 radical (unpaired) electrons. The highest BCUT2D eigenvalue weighted by Crippen LogP contribution is 2.38. The Morgan fingerprint density at radius 2 is 1.71 bits per heavy atom. The lowest BCUT2D eigenvalue weighted by molar-refractivity contribution is -0.349. The summed E-state index contributed by atoms with van der Waals surface area (Å²) >= 11 is 0. The molecular weight excluding hydrogens is 438 g/mol. The lowest BCUT2D eigenvalue weighted by Gasteiger charge is -2.49. The van der Waals surface area contributed by atoms with Crippen molar-refractivity contribution in [3.63, 3.8) is 0 Å². The molecule has 34 heavy (non-hydrogen) atoms. The van der Waals surface area contributed by atoms with Crippen molar-refractivity contribution in [2.75, 3.05) is 13.2 Å². The summed E-state index contributed by atoms with van der Waals surface area (Å²) in [6.45, 7) is 4.19. The van der Waals surface area contributed by atoms with Crippen LogP contribution in [0.1, 0.15) is 45.4 Å². The smallest absolute Gasteiger partial charge is 0.262 e. The normalized spacial score (nSPS) is 30.7. The summed E-state index contributed by atoms with van der Waals surface area (Å²) in [7, 11) is 0. The van der Waals surface area contributed by atoms with Crippen LogP contribution in [0.2, 0.25) is 0 Å². The number of carbonyl (C=O) groups excluding carboxylic acids is 2. The molecule has 2 saturated heterocycles. The highest BCUT2D eigenvalue weighted by Gasteiger charge is 2.55. The fraction of sp³-hybridized carbons (Fsp3) is 0.385. The molecule has 0 aromatic heterocycles. The largest absolute Gasteiger partial charge is 0.388 e. The van der Waals surface area contributed by atoms with Gasteiger partial charge in [-0.15, -0.1) is 6.58 Å². The molecular formula is C26H27NO7. The molecule has 5 rings (SSSR count). The van der Waals surface area contributed by atoms with Gasteiger partial charge in [0, 0.05) is 5.56 Å². The van der Waals surface area contributed by atoms with Crippen LogP contribution in [-0.2, 0) is 18.9 Å². The number of hydrogen-bond donors (Lipinski definition) is 1. The Bertz CT molecular complexity index is 1020. The van der Waals surface area contributed by atoms with Crippen LogP contribution in [0, 0.1) is 0 Å². The molecule has 2 fully saturated rings. The average Bonchev–Trinajstić information content (AvgIpc) is 3.12. The van der Waals surface area contributed by atoms with Crippen molar-refractivity contribution in [3.8, 4) is 0 Å². The van der Waals surface area contributed by atoms with E-state index in [0.717, 1.165) is 16.9 Å². The number of aliphatic hydroxyl groups excluding tert-OH is 1. The van der Waals surface area contributed by atoms with Gasteiger partial charge in [-0.1, -0.05) is 48.5 Å². The van der Waals surface area contributed by atoms with Crippen molar-refractivity contribution < 1.29 is 33.6 Å². The van der Waals surface area contributed by atoms with Gasteiger partial charge in [0.25, 0.3) is 11.8 Å². The third-order valence-electron chi connectivity index (χ3n) is 6.36. The molecule has 8 heteroatoms. The molecule has 3 heterocycles. The SMILES string of the molecule is C=CCCCO[C@@H]1O[C@@H]2COC(c3ccccc3)O[C@H]2[C@H](O)[C@H]1N1C(=O)c2ccccc2C1=O. The molecule has 2 aromatic carbocycles. The van der Waals surface area contributed by atoms with Gasteiger partial charge in [0.05, 0.1) is 24.3 Å². The number of nitrogens with zero attached hydrogens (tertiary/aromatic N) is 1. The van der Waals surface area contributed by atoms with Crippen molar-refractivity contribution in [2.24, 2.45) is 0 Å². The van der Waals surface area contributed by atoms with Gasteiger partial charge in [0.15, 0.2) is 12.6 Å². The van der Waals surface area contributed by atoms with Crippen molar-refractivity contribution in [3.05, 3.63) is 83.9 Å². The molecule has 0 aliphatic carbocycles. The Balaban J connectivity index is 1.42. The van der Waals surface area contributed by atoms with Gasteiger partial charge < -0.3 is 24.1 Å². The van der Waals surface area contributed by atoms with E-state index in [1.54, 1.807) is 30.3 Å². The fourth-order valence-electron chi connectivity index (χ4n) is 4.68. The predicted molar refractivity (Wildman–Crippen MR) is 121 cm³/mol. The summed E-state index contributed by atoms with van der Waals surface area (Å²) in [6, 6.07) is 14.9. The van der Waals surface area contributed by atoms with Gasteiger partial charge in [-0.25, -0.2) is 0 Å². The highest BCUT2D eigenvalue weighted by molar-refractivity contribution is 6.21. The van der Waals surface area contributed by atoms with Crippen molar-refractivity contribution in [2.45, 2.75) is 49.8 Å². The minimum Gasteiger partial charge on any atom is -0.388 e. The van der Waals surface area contributed by atoms with E-state index in [1.807, 2.05) is 30.3 Å². The fourth-order valence-corrected chi connectivity index (χ4v) is 4.68. The third kappa shape index (κ3) is 4.08. The minimum absolute atomic E-state index is 0.169. The number of hydrogen-bond acceptors (Lipinski definition) is 7. The Labute approximate surface area is 197 Å². The van der Waals surface area contributed by atoms with Gasteiger partial charge in [-0.3, -0.25) is 14.5 Å². The minimum atomic E-state index is -1.24. The van der Waals surface area contributed by atoms with E-state index in [1.165, 1.54) is 0 Å². The van der Waals surface area contributed by atoms with Crippen LogP contribution >= 0.6 is 0 Å². The molecule has 8 nitrogen and oxygen atoms in total. The number of imide groups is 1. The van der Waals surface area contributed by atoms with Crippen molar-refractivity contribution in [1.29, 1.82) is 0 Å². The van der Waals surface area contributed by atoms with Gasteiger partial charge in [-0.2, -0.15) is 0 Å². The van der Waals surface area contributed by atoms with Crippen LogP contribution in [0.25, 0.3) is 0 Å². The van der Waals surface area contributed by atoms with E-state index in [2.05, 4.69) is 6.58 Å². The zero-order chi connectivity index (χ0) is 23.7. The van der Waals surface area contributed by atoms with Crippen molar-refractivity contribution >= 4 is 11.8 Å². The van der Waals surface area contributed by atoms with E-state index in [9.17, 15) is 14.7 Å². The van der Waals surface area contributed by atoms with Crippen LogP contribution < -0.4 is 0 Å². The Hall–Kier alpha value is -2.88. The average molecular weight is 466 g/mol. The Morgan fingerprint density at radius 3 is 2.38 bits per heavy atom. The predicted octanol–water partition coefficient (Wildman–Crippen LogP) is 2.83.